The molecule has 160 valence electrons. The zero-order chi connectivity index (χ0) is 22.3. The first-order chi connectivity index (χ1) is 14.8. The van der Waals surface area contributed by atoms with Crippen LogP contribution in [0.4, 0.5) is 0 Å². The van der Waals surface area contributed by atoms with E-state index in [4.69, 9.17) is 4.74 Å². The average molecular weight is 436 g/mol. The minimum atomic E-state index is -3.74. The van der Waals surface area contributed by atoms with Gasteiger partial charge in [-0.15, -0.1) is 0 Å². The third kappa shape index (κ3) is 6.64. The number of aryl methyl sites for hydroxylation is 2. The van der Waals surface area contributed by atoms with E-state index in [9.17, 15) is 13.2 Å². The minimum absolute atomic E-state index is 0.0792. The Morgan fingerprint density at radius 1 is 0.903 bits per heavy atom. The lowest BCUT2D eigenvalue weighted by Gasteiger charge is -2.18. The number of benzene rings is 3. The van der Waals surface area contributed by atoms with Crippen LogP contribution in [-0.2, 0) is 19.6 Å². The summed E-state index contributed by atoms with van der Waals surface area (Å²) in [7, 11) is -3.74. The topological polar surface area (TPSA) is 72.5 Å². The van der Waals surface area contributed by atoms with Gasteiger partial charge in [0.2, 0.25) is 10.0 Å². The Bertz CT molecular complexity index is 1140. The molecule has 6 heteroatoms. The van der Waals surface area contributed by atoms with Gasteiger partial charge in [-0.25, -0.2) is 17.9 Å². The number of sulfonamides is 1. The van der Waals surface area contributed by atoms with Crippen molar-refractivity contribution in [3.05, 3.63) is 107 Å². The fourth-order valence-electron chi connectivity index (χ4n) is 2.90. The van der Waals surface area contributed by atoms with Crippen LogP contribution >= 0.6 is 0 Å². The number of rotatable bonds is 8. The molecule has 5 nitrogen and oxygen atoms in total. The van der Waals surface area contributed by atoms with E-state index in [1.54, 1.807) is 30.3 Å². The molecule has 0 saturated heterocycles. The Labute approximate surface area is 183 Å². The molecule has 0 aliphatic carbocycles. The number of nitrogens with one attached hydrogen (secondary N) is 1. The molecule has 3 aromatic rings. The molecule has 3 rings (SSSR count). The minimum Gasteiger partial charge on any atom is -0.453 e. The van der Waals surface area contributed by atoms with Crippen LogP contribution in [0.5, 0.6) is 0 Å². The van der Waals surface area contributed by atoms with E-state index < -0.39 is 22.1 Å². The second kappa shape index (κ2) is 10.2. The number of carbonyl (C=O) groups is 1. The monoisotopic (exact) mass is 435 g/mol. The van der Waals surface area contributed by atoms with Gasteiger partial charge in [-0.3, -0.25) is 0 Å². The van der Waals surface area contributed by atoms with Gasteiger partial charge in [0, 0.05) is 6.08 Å². The Hall–Kier alpha value is -3.22. The van der Waals surface area contributed by atoms with E-state index >= 15 is 0 Å². The first-order valence-electron chi connectivity index (χ1n) is 9.90. The van der Waals surface area contributed by atoms with E-state index in [1.165, 1.54) is 6.08 Å². The first-order valence-corrected chi connectivity index (χ1v) is 11.4. The van der Waals surface area contributed by atoms with Gasteiger partial charge in [-0.05, 0) is 43.2 Å². The highest BCUT2D eigenvalue weighted by atomic mass is 32.2. The molecule has 0 saturated carbocycles. The Morgan fingerprint density at radius 2 is 1.48 bits per heavy atom. The smallest absolute Gasteiger partial charge is 0.331 e. The fourth-order valence-corrected chi connectivity index (χ4v) is 3.93. The fraction of sp³-hybridized carbons (Fsp3) is 0.160. The van der Waals surface area contributed by atoms with Crippen LogP contribution in [0.2, 0.25) is 0 Å². The van der Waals surface area contributed by atoms with Crippen molar-refractivity contribution < 1.29 is 17.9 Å². The molecule has 1 atom stereocenters. The van der Waals surface area contributed by atoms with Crippen LogP contribution in [0, 0.1) is 13.8 Å². The van der Waals surface area contributed by atoms with Crippen molar-refractivity contribution in [3.63, 3.8) is 0 Å². The zero-order valence-electron chi connectivity index (χ0n) is 17.5. The molecule has 1 N–H and O–H groups in total. The van der Waals surface area contributed by atoms with Crippen molar-refractivity contribution in [1.29, 1.82) is 0 Å². The summed E-state index contributed by atoms with van der Waals surface area (Å²) in [5, 5.41) is 0. The highest BCUT2D eigenvalue weighted by molar-refractivity contribution is 7.89. The lowest BCUT2D eigenvalue weighted by molar-refractivity contribution is -0.143. The third-order valence-electron chi connectivity index (χ3n) is 4.71. The summed E-state index contributed by atoms with van der Waals surface area (Å²) in [6, 6.07) is 23.4. The average Bonchev–Trinajstić information content (AvgIpc) is 2.77. The van der Waals surface area contributed by atoms with Crippen LogP contribution in [0.15, 0.2) is 89.8 Å². The standard InChI is InChI=1S/C25H25NO4S/c1-19-8-13-22(14-9-19)24(30-25(27)17-12-21-6-4-3-5-7-21)18-26-31(28,29)23-15-10-20(2)11-16-23/h3-17,24,26H,18H2,1-2H3/b17-12+. The van der Waals surface area contributed by atoms with E-state index in [2.05, 4.69) is 4.72 Å². The molecule has 0 aromatic heterocycles. The molecule has 3 aromatic carbocycles. The van der Waals surface area contributed by atoms with Crippen molar-refractivity contribution in [2.75, 3.05) is 6.54 Å². The molecule has 0 radical (unpaired) electrons. The van der Waals surface area contributed by atoms with Gasteiger partial charge in [0.05, 0.1) is 11.4 Å². The molecule has 0 bridgehead atoms. The van der Waals surface area contributed by atoms with Gasteiger partial charge in [-0.1, -0.05) is 77.9 Å². The molecule has 0 heterocycles. The quantitative estimate of drug-likeness (QED) is 0.415. The molecule has 0 amide bonds. The van der Waals surface area contributed by atoms with Crippen LogP contribution in [0.1, 0.15) is 28.4 Å². The Morgan fingerprint density at radius 3 is 2.10 bits per heavy atom. The van der Waals surface area contributed by atoms with Crippen LogP contribution < -0.4 is 4.72 Å². The summed E-state index contributed by atoms with van der Waals surface area (Å²) < 4.78 is 33.5. The third-order valence-corrected chi connectivity index (χ3v) is 6.15. The van der Waals surface area contributed by atoms with Crippen molar-refractivity contribution in [3.8, 4) is 0 Å². The maximum absolute atomic E-state index is 12.7. The summed E-state index contributed by atoms with van der Waals surface area (Å²) in [4.78, 5) is 12.6. The zero-order valence-corrected chi connectivity index (χ0v) is 18.3. The van der Waals surface area contributed by atoms with Crippen LogP contribution in [-0.4, -0.2) is 20.9 Å². The number of esters is 1. The van der Waals surface area contributed by atoms with Gasteiger partial charge < -0.3 is 4.74 Å². The van der Waals surface area contributed by atoms with Crippen molar-refractivity contribution >= 4 is 22.1 Å². The van der Waals surface area contributed by atoms with Gasteiger partial charge in [-0.2, -0.15) is 0 Å². The van der Waals surface area contributed by atoms with Gasteiger partial charge in [0.15, 0.2) is 0 Å². The SMILES string of the molecule is Cc1ccc(C(CNS(=O)(=O)c2ccc(C)cc2)OC(=O)/C=C/c2ccccc2)cc1. The molecule has 0 aliphatic rings. The van der Waals surface area contributed by atoms with E-state index in [-0.39, 0.29) is 11.4 Å². The van der Waals surface area contributed by atoms with Gasteiger partial charge in [0.1, 0.15) is 6.10 Å². The normalized spacial score (nSPS) is 12.6. The molecule has 1 unspecified atom stereocenters. The number of carbonyl (C=O) groups excluding carboxylic acids is 1. The molecule has 0 fully saturated rings. The summed E-state index contributed by atoms with van der Waals surface area (Å²) >= 11 is 0. The van der Waals surface area contributed by atoms with E-state index in [0.717, 1.165) is 16.7 Å². The largest absolute Gasteiger partial charge is 0.453 e. The number of hydrogen-bond acceptors (Lipinski definition) is 4. The van der Waals surface area contributed by atoms with Crippen LogP contribution in [0.3, 0.4) is 0 Å². The molecule has 31 heavy (non-hydrogen) atoms. The van der Waals surface area contributed by atoms with Crippen molar-refractivity contribution in [2.45, 2.75) is 24.8 Å². The van der Waals surface area contributed by atoms with Crippen LogP contribution in [0.25, 0.3) is 6.08 Å². The summed E-state index contributed by atoms with van der Waals surface area (Å²) in [5.41, 5.74) is 3.60. The first kappa shape index (κ1) is 22.5. The lowest BCUT2D eigenvalue weighted by atomic mass is 10.1. The number of hydrogen-bond donors (Lipinski definition) is 1. The predicted octanol–water partition coefficient (Wildman–Crippen LogP) is 4.58. The Kier molecular flexibility index (Phi) is 7.39. The number of ether oxygens (including phenoxy) is 1. The molecule has 0 spiro atoms. The second-order valence-electron chi connectivity index (χ2n) is 7.25. The summed E-state index contributed by atoms with van der Waals surface area (Å²) in [6.45, 7) is 3.76. The predicted molar refractivity (Wildman–Crippen MR) is 122 cm³/mol. The molecular weight excluding hydrogens is 410 g/mol. The summed E-state index contributed by atoms with van der Waals surface area (Å²) in [6.07, 6.45) is 2.23. The Balaban J connectivity index is 1.75. The molecular formula is C25H25NO4S. The molecule has 0 aliphatic heterocycles. The lowest BCUT2D eigenvalue weighted by Crippen LogP contribution is -2.30. The maximum atomic E-state index is 12.7. The van der Waals surface area contributed by atoms with E-state index in [1.807, 2.05) is 68.4 Å². The van der Waals surface area contributed by atoms with Gasteiger partial charge >= 0.3 is 5.97 Å². The van der Waals surface area contributed by atoms with E-state index in [0.29, 0.717) is 5.56 Å². The van der Waals surface area contributed by atoms with Crippen molar-refractivity contribution in [1.82, 2.24) is 4.72 Å². The highest BCUT2D eigenvalue weighted by Gasteiger charge is 2.20. The summed E-state index contributed by atoms with van der Waals surface area (Å²) in [5.74, 6) is -0.552. The van der Waals surface area contributed by atoms with Gasteiger partial charge in [0.25, 0.3) is 0 Å². The van der Waals surface area contributed by atoms with Crippen molar-refractivity contribution in [2.24, 2.45) is 0 Å². The maximum Gasteiger partial charge on any atom is 0.331 e. The second-order valence-corrected chi connectivity index (χ2v) is 9.01. The highest BCUT2D eigenvalue weighted by Crippen LogP contribution is 2.20.